The number of aromatic nitrogens is 4. The normalized spacial score (nSPS) is 11.5. The van der Waals surface area contributed by atoms with E-state index in [2.05, 4.69) is 33.3 Å². The van der Waals surface area contributed by atoms with Crippen molar-refractivity contribution in [3.8, 4) is 0 Å². The fourth-order valence-corrected chi connectivity index (χ4v) is 2.91. The van der Waals surface area contributed by atoms with Gasteiger partial charge >= 0.3 is 0 Å². The van der Waals surface area contributed by atoms with Gasteiger partial charge in [0, 0.05) is 25.0 Å². The van der Waals surface area contributed by atoms with E-state index in [0.29, 0.717) is 12.0 Å². The highest BCUT2D eigenvalue weighted by molar-refractivity contribution is 5.80. The van der Waals surface area contributed by atoms with Crippen LogP contribution in [0.2, 0.25) is 0 Å². The lowest BCUT2D eigenvalue weighted by molar-refractivity contribution is 0.379. The molecule has 0 saturated carbocycles. The van der Waals surface area contributed by atoms with Crippen LogP contribution in [0.5, 0.6) is 0 Å². The smallest absolute Gasteiger partial charge is 0.146 e. The van der Waals surface area contributed by atoms with Crippen molar-refractivity contribution < 1.29 is 0 Å². The van der Waals surface area contributed by atoms with Crippen LogP contribution in [0.25, 0.3) is 11.0 Å². The van der Waals surface area contributed by atoms with Crippen LogP contribution < -0.4 is 5.49 Å². The molecule has 0 spiro atoms. The molecule has 0 aliphatic heterocycles. The van der Waals surface area contributed by atoms with E-state index in [1.165, 1.54) is 0 Å². The van der Waals surface area contributed by atoms with Crippen molar-refractivity contribution in [3.05, 3.63) is 53.2 Å². The molecule has 0 aromatic carbocycles. The van der Waals surface area contributed by atoms with Gasteiger partial charge in [-0.1, -0.05) is 6.07 Å². The molecular weight excluding hydrogens is 300 g/mol. The Hall–Kier alpha value is -2.47. The summed E-state index contributed by atoms with van der Waals surface area (Å²) in [5.74, 6) is 0. The topological polar surface area (TPSA) is 62.7 Å². The fourth-order valence-electron chi connectivity index (χ4n) is 2.91. The number of aryl methyl sites for hydroxylation is 1. The van der Waals surface area contributed by atoms with Crippen molar-refractivity contribution in [2.45, 2.75) is 26.9 Å². The molecule has 3 aromatic rings. The first-order chi connectivity index (χ1) is 11.5. The third-order valence-electron chi connectivity index (χ3n) is 4.48. The lowest BCUT2D eigenvalue weighted by Crippen LogP contribution is -2.27. The van der Waals surface area contributed by atoms with Crippen molar-refractivity contribution in [3.63, 3.8) is 0 Å². The Morgan fingerprint density at radius 3 is 2.62 bits per heavy atom. The lowest BCUT2D eigenvalue weighted by Gasteiger charge is -2.12. The summed E-state index contributed by atoms with van der Waals surface area (Å²) in [6, 6.07) is 5.93. The second-order valence-electron chi connectivity index (χ2n) is 6.41. The van der Waals surface area contributed by atoms with Crippen LogP contribution >= 0.6 is 0 Å². The van der Waals surface area contributed by atoms with E-state index in [4.69, 9.17) is 5.41 Å². The number of fused-ring (bicyclic) bond motifs is 1. The molecule has 0 amide bonds. The van der Waals surface area contributed by atoms with Crippen LogP contribution in [0, 0.1) is 19.3 Å². The lowest BCUT2D eigenvalue weighted by atomic mass is 10.2. The van der Waals surface area contributed by atoms with Gasteiger partial charge in [-0.2, -0.15) is 0 Å². The Morgan fingerprint density at radius 1 is 1.17 bits per heavy atom. The molecule has 1 N–H and O–H groups in total. The van der Waals surface area contributed by atoms with Gasteiger partial charge in [-0.3, -0.25) is 10.4 Å². The molecule has 3 aromatic heterocycles. The van der Waals surface area contributed by atoms with Crippen LogP contribution in [0.4, 0.5) is 0 Å². The number of hydrogen-bond donors (Lipinski definition) is 1. The molecule has 6 heteroatoms. The molecule has 0 aliphatic rings. The van der Waals surface area contributed by atoms with E-state index in [1.807, 2.05) is 43.1 Å². The van der Waals surface area contributed by atoms with Crippen molar-refractivity contribution in [1.82, 2.24) is 24.0 Å². The summed E-state index contributed by atoms with van der Waals surface area (Å²) in [7, 11) is 4.07. The molecule has 0 radical (unpaired) electrons. The van der Waals surface area contributed by atoms with Crippen LogP contribution in [0.3, 0.4) is 0 Å². The molecule has 0 fully saturated rings. The molecule has 6 nitrogen and oxygen atoms in total. The summed E-state index contributed by atoms with van der Waals surface area (Å²) in [4.78, 5) is 11.2. The first-order valence-corrected chi connectivity index (χ1v) is 8.13. The van der Waals surface area contributed by atoms with Gasteiger partial charge in [-0.15, -0.1) is 0 Å². The fraction of sp³-hybridized carbons (Fsp3) is 0.389. The van der Waals surface area contributed by atoms with Crippen LogP contribution in [-0.4, -0.2) is 44.6 Å². The molecule has 0 unspecified atom stereocenters. The highest BCUT2D eigenvalue weighted by Gasteiger charge is 2.15. The van der Waals surface area contributed by atoms with Crippen molar-refractivity contribution in [2.24, 2.45) is 0 Å². The third-order valence-corrected chi connectivity index (χ3v) is 4.48. The van der Waals surface area contributed by atoms with Crippen molar-refractivity contribution in [2.75, 3.05) is 20.6 Å². The van der Waals surface area contributed by atoms with Crippen LogP contribution in [0.1, 0.15) is 17.0 Å². The summed E-state index contributed by atoms with van der Waals surface area (Å²) >= 11 is 0. The molecule has 0 bridgehead atoms. The van der Waals surface area contributed by atoms with E-state index >= 15 is 0 Å². The first-order valence-electron chi connectivity index (χ1n) is 8.13. The summed E-state index contributed by atoms with van der Waals surface area (Å²) < 4.78 is 4.07. The van der Waals surface area contributed by atoms with Gasteiger partial charge in [0.25, 0.3) is 0 Å². The maximum absolute atomic E-state index is 8.59. The quantitative estimate of drug-likeness (QED) is 0.780. The zero-order valence-electron chi connectivity index (χ0n) is 14.7. The standard InChI is InChI=1S/C18H24N6/c1-13-14(2)24(11-15-7-5-6-8-20-15)18-16(13)17(19)23(12-21-18)10-9-22(3)4/h5-8,12,19H,9-11H2,1-4H3. The van der Waals surface area contributed by atoms with Gasteiger partial charge in [0.1, 0.15) is 11.1 Å². The minimum Gasteiger partial charge on any atom is -0.323 e. The highest BCUT2D eigenvalue weighted by Crippen LogP contribution is 2.21. The van der Waals surface area contributed by atoms with Gasteiger partial charge in [0.15, 0.2) is 0 Å². The molecule has 0 saturated heterocycles. The Kier molecular flexibility index (Phi) is 4.49. The maximum atomic E-state index is 8.59. The van der Waals surface area contributed by atoms with Gasteiger partial charge in [0.05, 0.1) is 24.0 Å². The first kappa shape index (κ1) is 16.4. The second kappa shape index (κ2) is 6.57. The number of nitrogens with zero attached hydrogens (tertiary/aromatic N) is 5. The summed E-state index contributed by atoms with van der Waals surface area (Å²) in [6.07, 6.45) is 3.59. The Bertz CT molecular complexity index is 905. The molecule has 0 atom stereocenters. The Balaban J connectivity index is 2.07. The van der Waals surface area contributed by atoms with E-state index in [0.717, 1.165) is 41.1 Å². The summed E-state index contributed by atoms with van der Waals surface area (Å²) in [5.41, 5.74) is 4.65. The average Bonchev–Trinajstić information content (AvgIpc) is 2.80. The SMILES string of the molecule is Cc1c(C)n(Cc2ccccn2)c2ncn(CCN(C)C)c(=N)c12. The van der Waals surface area contributed by atoms with Crippen molar-refractivity contribution >= 4 is 11.0 Å². The van der Waals surface area contributed by atoms with E-state index in [9.17, 15) is 0 Å². The van der Waals surface area contributed by atoms with E-state index in [1.54, 1.807) is 6.33 Å². The minimum absolute atomic E-state index is 0.530. The number of pyridine rings is 1. The third kappa shape index (κ3) is 2.97. The summed E-state index contributed by atoms with van der Waals surface area (Å²) in [6.45, 7) is 6.48. The van der Waals surface area contributed by atoms with E-state index < -0.39 is 0 Å². The number of nitrogens with one attached hydrogen (secondary N) is 1. The average molecular weight is 324 g/mol. The number of likely N-dealkylation sites (N-methyl/N-ethyl adjacent to an activating group) is 1. The molecule has 126 valence electrons. The molecular formula is C18H24N6. The number of hydrogen-bond acceptors (Lipinski definition) is 4. The maximum Gasteiger partial charge on any atom is 0.146 e. The molecule has 24 heavy (non-hydrogen) atoms. The Morgan fingerprint density at radius 2 is 1.96 bits per heavy atom. The molecule has 3 heterocycles. The summed E-state index contributed by atoms with van der Waals surface area (Å²) in [5, 5.41) is 9.52. The monoisotopic (exact) mass is 324 g/mol. The zero-order valence-corrected chi connectivity index (χ0v) is 14.7. The van der Waals surface area contributed by atoms with Crippen LogP contribution in [-0.2, 0) is 13.1 Å². The second-order valence-corrected chi connectivity index (χ2v) is 6.41. The molecule has 3 rings (SSSR count). The van der Waals surface area contributed by atoms with Gasteiger partial charge < -0.3 is 14.0 Å². The predicted molar refractivity (Wildman–Crippen MR) is 94.9 cm³/mol. The number of rotatable bonds is 5. The van der Waals surface area contributed by atoms with Gasteiger partial charge in [-0.05, 0) is 45.6 Å². The van der Waals surface area contributed by atoms with Gasteiger partial charge in [0.2, 0.25) is 0 Å². The van der Waals surface area contributed by atoms with Crippen molar-refractivity contribution in [1.29, 1.82) is 5.41 Å². The van der Waals surface area contributed by atoms with Crippen LogP contribution in [0.15, 0.2) is 30.7 Å². The minimum atomic E-state index is 0.530. The molecule has 0 aliphatic carbocycles. The highest BCUT2D eigenvalue weighted by atomic mass is 15.1. The van der Waals surface area contributed by atoms with E-state index in [-0.39, 0.29) is 0 Å². The largest absolute Gasteiger partial charge is 0.323 e. The van der Waals surface area contributed by atoms with Gasteiger partial charge in [-0.25, -0.2) is 4.98 Å². The predicted octanol–water partition coefficient (Wildman–Crippen LogP) is 1.94. The Labute approximate surface area is 141 Å². The zero-order chi connectivity index (χ0) is 17.3.